The van der Waals surface area contributed by atoms with Crippen LogP contribution < -0.4 is 10.1 Å². The van der Waals surface area contributed by atoms with Crippen molar-refractivity contribution in [2.45, 2.75) is 26.5 Å². The summed E-state index contributed by atoms with van der Waals surface area (Å²) < 4.78 is 11.9. The Balaban J connectivity index is 2.36. The van der Waals surface area contributed by atoms with Gasteiger partial charge in [0.2, 0.25) is 11.8 Å². The zero-order chi connectivity index (χ0) is 12.8. The lowest BCUT2D eigenvalue weighted by Gasteiger charge is -2.07. The van der Waals surface area contributed by atoms with Crippen molar-refractivity contribution in [1.29, 1.82) is 0 Å². The predicted molar refractivity (Wildman–Crippen MR) is 62.7 cm³/mol. The average molecular weight is 241 g/mol. The molecule has 0 aromatic carbocycles. The molecule has 0 aliphatic carbocycles. The van der Waals surface area contributed by atoms with Crippen molar-refractivity contribution in [3.8, 4) is 5.88 Å². The summed E-state index contributed by atoms with van der Waals surface area (Å²) in [4.78, 5) is 11.4. The molecule has 0 atom stereocenters. The Hall–Kier alpha value is -1.56. The molecule has 6 heteroatoms. The van der Waals surface area contributed by atoms with Crippen LogP contribution in [0.3, 0.4) is 0 Å². The van der Waals surface area contributed by atoms with Crippen LogP contribution in [0.25, 0.3) is 0 Å². The van der Waals surface area contributed by atoms with E-state index in [0.717, 1.165) is 5.69 Å². The number of hydrogen-bond donors (Lipinski definition) is 1. The Morgan fingerprint density at radius 2 is 2.29 bits per heavy atom. The van der Waals surface area contributed by atoms with Crippen LogP contribution in [-0.2, 0) is 23.1 Å². The van der Waals surface area contributed by atoms with E-state index in [1.165, 1.54) is 0 Å². The second-order valence-electron chi connectivity index (χ2n) is 3.94. The van der Waals surface area contributed by atoms with Crippen molar-refractivity contribution < 1.29 is 14.3 Å². The quantitative estimate of drug-likeness (QED) is 0.786. The number of amides is 1. The molecule has 0 spiro atoms. The predicted octanol–water partition coefficient (Wildman–Crippen LogP) is 0.470. The molecule has 1 amide bonds. The van der Waals surface area contributed by atoms with Gasteiger partial charge < -0.3 is 14.8 Å². The summed E-state index contributed by atoms with van der Waals surface area (Å²) in [5, 5.41) is 6.91. The summed E-state index contributed by atoms with van der Waals surface area (Å²) in [7, 11) is 3.36. The molecule has 0 saturated heterocycles. The lowest BCUT2D eigenvalue weighted by atomic mass is 10.4. The number of carbonyl (C=O) groups is 1. The van der Waals surface area contributed by atoms with Gasteiger partial charge in [0.25, 0.3) is 0 Å². The molecule has 17 heavy (non-hydrogen) atoms. The minimum Gasteiger partial charge on any atom is -0.481 e. The van der Waals surface area contributed by atoms with E-state index in [9.17, 15) is 4.79 Å². The summed E-state index contributed by atoms with van der Waals surface area (Å²) >= 11 is 0. The molecule has 0 aliphatic heterocycles. The highest BCUT2D eigenvalue weighted by atomic mass is 16.5. The van der Waals surface area contributed by atoms with Crippen LogP contribution in [0, 0.1) is 0 Å². The highest BCUT2D eigenvalue weighted by Crippen LogP contribution is 2.10. The van der Waals surface area contributed by atoms with Gasteiger partial charge in [-0.2, -0.15) is 5.10 Å². The number of aryl methyl sites for hydroxylation is 1. The molecule has 0 unspecified atom stereocenters. The zero-order valence-electron chi connectivity index (χ0n) is 10.7. The van der Waals surface area contributed by atoms with Gasteiger partial charge in [0.15, 0.2) is 0 Å². The topological polar surface area (TPSA) is 65.4 Å². The number of rotatable bonds is 6. The number of carbonyl (C=O) groups excluding carboxylic acids is 1. The summed E-state index contributed by atoms with van der Waals surface area (Å²) in [6.07, 6.45) is 0.0516. The van der Waals surface area contributed by atoms with Gasteiger partial charge in [-0.3, -0.25) is 4.79 Å². The first kappa shape index (κ1) is 13.5. The van der Waals surface area contributed by atoms with Crippen LogP contribution in [0.4, 0.5) is 0 Å². The van der Waals surface area contributed by atoms with Gasteiger partial charge in [0, 0.05) is 13.1 Å². The van der Waals surface area contributed by atoms with Crippen LogP contribution in [0.1, 0.15) is 19.5 Å². The van der Waals surface area contributed by atoms with Crippen molar-refractivity contribution in [2.75, 3.05) is 13.7 Å². The zero-order valence-corrected chi connectivity index (χ0v) is 10.7. The largest absolute Gasteiger partial charge is 0.481 e. The highest BCUT2D eigenvalue weighted by Gasteiger charge is 2.07. The van der Waals surface area contributed by atoms with Crippen molar-refractivity contribution in [3.63, 3.8) is 0 Å². The number of hydrogen-bond acceptors (Lipinski definition) is 4. The SMILES string of the molecule is COc1cc(CNC(=O)COC(C)C)nn1C. The molecule has 0 radical (unpaired) electrons. The summed E-state index contributed by atoms with van der Waals surface area (Å²) in [6, 6.07) is 1.78. The molecular weight excluding hydrogens is 222 g/mol. The smallest absolute Gasteiger partial charge is 0.246 e. The van der Waals surface area contributed by atoms with Gasteiger partial charge in [0.05, 0.1) is 25.5 Å². The monoisotopic (exact) mass is 241 g/mol. The van der Waals surface area contributed by atoms with E-state index in [2.05, 4.69) is 10.4 Å². The Morgan fingerprint density at radius 3 is 2.82 bits per heavy atom. The minimum atomic E-state index is -0.150. The standard InChI is InChI=1S/C11H19N3O3/c1-8(2)17-7-10(15)12-6-9-5-11(16-4)14(3)13-9/h5,8H,6-7H2,1-4H3,(H,12,15). The molecule has 1 rings (SSSR count). The third-order valence-corrected chi connectivity index (χ3v) is 2.11. The van der Waals surface area contributed by atoms with Gasteiger partial charge in [-0.1, -0.05) is 0 Å². The van der Waals surface area contributed by atoms with Crippen LogP contribution in [0.2, 0.25) is 0 Å². The number of nitrogens with one attached hydrogen (secondary N) is 1. The Labute approximate surface area is 101 Å². The van der Waals surface area contributed by atoms with Gasteiger partial charge in [0.1, 0.15) is 6.61 Å². The summed E-state index contributed by atoms with van der Waals surface area (Å²) in [6.45, 7) is 4.22. The molecule has 0 aliphatic rings. The first-order chi connectivity index (χ1) is 8.02. The van der Waals surface area contributed by atoms with E-state index < -0.39 is 0 Å². The first-order valence-corrected chi connectivity index (χ1v) is 5.48. The molecule has 96 valence electrons. The summed E-state index contributed by atoms with van der Waals surface area (Å²) in [5.74, 6) is 0.510. The maximum atomic E-state index is 11.4. The maximum absolute atomic E-state index is 11.4. The van der Waals surface area contributed by atoms with Crippen molar-refractivity contribution >= 4 is 5.91 Å². The van der Waals surface area contributed by atoms with E-state index in [1.807, 2.05) is 13.8 Å². The van der Waals surface area contributed by atoms with Crippen molar-refractivity contribution in [1.82, 2.24) is 15.1 Å². The Bertz CT molecular complexity index is 374. The van der Waals surface area contributed by atoms with Gasteiger partial charge in [-0.05, 0) is 13.8 Å². The fraction of sp³-hybridized carbons (Fsp3) is 0.636. The fourth-order valence-electron chi connectivity index (χ4n) is 1.27. The van der Waals surface area contributed by atoms with Crippen LogP contribution in [0.15, 0.2) is 6.07 Å². The fourth-order valence-corrected chi connectivity index (χ4v) is 1.27. The van der Waals surface area contributed by atoms with Crippen LogP contribution >= 0.6 is 0 Å². The molecule has 1 aromatic rings. The molecule has 1 aromatic heterocycles. The van der Waals surface area contributed by atoms with E-state index in [1.54, 1.807) is 24.9 Å². The number of ether oxygens (including phenoxy) is 2. The lowest BCUT2D eigenvalue weighted by Crippen LogP contribution is -2.28. The lowest BCUT2D eigenvalue weighted by molar-refractivity contribution is -0.127. The molecule has 0 fully saturated rings. The summed E-state index contributed by atoms with van der Waals surface area (Å²) in [5.41, 5.74) is 0.752. The van der Waals surface area contributed by atoms with E-state index in [0.29, 0.717) is 12.4 Å². The van der Waals surface area contributed by atoms with E-state index in [4.69, 9.17) is 9.47 Å². The maximum Gasteiger partial charge on any atom is 0.246 e. The molecule has 0 bridgehead atoms. The molecular formula is C11H19N3O3. The number of nitrogens with zero attached hydrogens (tertiary/aromatic N) is 2. The molecule has 1 N–H and O–H groups in total. The van der Waals surface area contributed by atoms with Crippen molar-refractivity contribution in [3.05, 3.63) is 11.8 Å². The Kier molecular flexibility index (Phi) is 4.96. The van der Waals surface area contributed by atoms with Crippen LogP contribution in [-0.4, -0.2) is 35.5 Å². The second-order valence-corrected chi connectivity index (χ2v) is 3.94. The van der Waals surface area contributed by atoms with Crippen LogP contribution in [0.5, 0.6) is 5.88 Å². The van der Waals surface area contributed by atoms with Gasteiger partial charge >= 0.3 is 0 Å². The van der Waals surface area contributed by atoms with Gasteiger partial charge in [-0.25, -0.2) is 4.68 Å². The highest BCUT2D eigenvalue weighted by molar-refractivity contribution is 5.77. The number of methoxy groups -OCH3 is 1. The molecule has 1 heterocycles. The number of aromatic nitrogens is 2. The minimum absolute atomic E-state index is 0.0516. The average Bonchev–Trinajstić information content (AvgIpc) is 2.64. The third-order valence-electron chi connectivity index (χ3n) is 2.11. The second kappa shape index (κ2) is 6.24. The van der Waals surface area contributed by atoms with E-state index in [-0.39, 0.29) is 18.6 Å². The first-order valence-electron chi connectivity index (χ1n) is 5.48. The molecule has 0 saturated carbocycles. The Morgan fingerprint density at radius 1 is 1.59 bits per heavy atom. The third kappa shape index (κ3) is 4.44. The normalized spacial score (nSPS) is 10.6. The van der Waals surface area contributed by atoms with E-state index >= 15 is 0 Å². The van der Waals surface area contributed by atoms with Crippen molar-refractivity contribution in [2.24, 2.45) is 7.05 Å². The molecule has 6 nitrogen and oxygen atoms in total. The van der Waals surface area contributed by atoms with Gasteiger partial charge in [-0.15, -0.1) is 0 Å².